The van der Waals surface area contributed by atoms with Gasteiger partial charge in [0.25, 0.3) is 0 Å². The first kappa shape index (κ1) is 16.0. The molecule has 0 aromatic carbocycles. The van der Waals surface area contributed by atoms with Crippen molar-refractivity contribution in [2.24, 2.45) is 11.1 Å². The van der Waals surface area contributed by atoms with Crippen LogP contribution in [-0.2, 0) is 9.59 Å². The minimum atomic E-state index is -0.226. The van der Waals surface area contributed by atoms with Crippen molar-refractivity contribution in [3.05, 3.63) is 0 Å². The van der Waals surface area contributed by atoms with E-state index in [-0.39, 0.29) is 22.8 Å². The van der Waals surface area contributed by atoms with Gasteiger partial charge in [0, 0.05) is 24.9 Å². The molecule has 0 aromatic rings. The summed E-state index contributed by atoms with van der Waals surface area (Å²) >= 11 is 0. The SMILES string of the molecule is CC(C)(C)NC(=O)CCNC(=O)CC1(CN)CCC1. The summed E-state index contributed by atoms with van der Waals surface area (Å²) in [4.78, 5) is 23.3. The van der Waals surface area contributed by atoms with Crippen molar-refractivity contribution in [3.8, 4) is 0 Å². The van der Waals surface area contributed by atoms with Crippen molar-refractivity contribution in [2.45, 2.75) is 58.4 Å². The predicted octanol–water partition coefficient (Wildman–Crippen LogP) is 0.927. The number of carbonyl (C=O) groups is 2. The van der Waals surface area contributed by atoms with Crippen LogP contribution in [0.15, 0.2) is 0 Å². The Morgan fingerprint density at radius 2 is 1.84 bits per heavy atom. The fraction of sp³-hybridized carbons (Fsp3) is 0.857. The summed E-state index contributed by atoms with van der Waals surface area (Å²) in [5, 5.41) is 5.67. The molecule has 5 nitrogen and oxygen atoms in total. The first-order valence-electron chi connectivity index (χ1n) is 7.04. The zero-order chi connectivity index (χ0) is 14.5. The van der Waals surface area contributed by atoms with Crippen molar-refractivity contribution >= 4 is 11.8 Å². The van der Waals surface area contributed by atoms with E-state index in [0.717, 1.165) is 12.8 Å². The van der Waals surface area contributed by atoms with Gasteiger partial charge in [-0.15, -0.1) is 0 Å². The zero-order valence-corrected chi connectivity index (χ0v) is 12.3. The Bertz CT molecular complexity index is 325. The van der Waals surface area contributed by atoms with E-state index in [2.05, 4.69) is 10.6 Å². The van der Waals surface area contributed by atoms with Crippen LogP contribution in [-0.4, -0.2) is 30.4 Å². The predicted molar refractivity (Wildman–Crippen MR) is 75.5 cm³/mol. The number of nitrogens with one attached hydrogen (secondary N) is 2. The van der Waals surface area contributed by atoms with Crippen LogP contribution in [0.1, 0.15) is 52.9 Å². The van der Waals surface area contributed by atoms with Crippen LogP contribution in [0.25, 0.3) is 0 Å². The van der Waals surface area contributed by atoms with E-state index in [4.69, 9.17) is 5.73 Å². The van der Waals surface area contributed by atoms with Gasteiger partial charge in [0.2, 0.25) is 11.8 Å². The number of carbonyl (C=O) groups excluding carboxylic acids is 2. The first-order chi connectivity index (χ1) is 8.76. The number of hydrogen-bond donors (Lipinski definition) is 3. The van der Waals surface area contributed by atoms with Gasteiger partial charge in [-0.3, -0.25) is 9.59 Å². The first-order valence-corrected chi connectivity index (χ1v) is 7.04. The summed E-state index contributed by atoms with van der Waals surface area (Å²) in [6, 6.07) is 0. The van der Waals surface area contributed by atoms with Gasteiger partial charge in [-0.2, -0.15) is 0 Å². The van der Waals surface area contributed by atoms with Crippen molar-refractivity contribution in [1.82, 2.24) is 10.6 Å². The monoisotopic (exact) mass is 269 g/mol. The molecular weight excluding hydrogens is 242 g/mol. The second-order valence-electron chi connectivity index (χ2n) is 6.63. The molecule has 0 heterocycles. The molecule has 0 aliphatic heterocycles. The van der Waals surface area contributed by atoms with Crippen molar-refractivity contribution < 1.29 is 9.59 Å². The van der Waals surface area contributed by atoms with Crippen LogP contribution < -0.4 is 16.4 Å². The average molecular weight is 269 g/mol. The molecule has 1 rings (SSSR count). The Labute approximate surface area is 115 Å². The smallest absolute Gasteiger partial charge is 0.222 e. The molecule has 2 amide bonds. The number of rotatable bonds is 6. The summed E-state index contributed by atoms with van der Waals surface area (Å²) in [7, 11) is 0. The molecule has 0 aromatic heterocycles. The summed E-state index contributed by atoms with van der Waals surface area (Å²) < 4.78 is 0. The van der Waals surface area contributed by atoms with Crippen LogP contribution in [0.5, 0.6) is 0 Å². The molecule has 0 unspecified atom stereocenters. The van der Waals surface area contributed by atoms with Crippen LogP contribution >= 0.6 is 0 Å². The third-order valence-electron chi connectivity index (χ3n) is 3.57. The lowest BCUT2D eigenvalue weighted by Crippen LogP contribution is -2.44. The summed E-state index contributed by atoms with van der Waals surface area (Å²) in [5.41, 5.74) is 5.52. The topological polar surface area (TPSA) is 84.2 Å². The van der Waals surface area contributed by atoms with Crippen LogP contribution in [0.3, 0.4) is 0 Å². The third-order valence-corrected chi connectivity index (χ3v) is 3.57. The lowest BCUT2D eigenvalue weighted by atomic mass is 9.66. The van der Waals surface area contributed by atoms with Crippen LogP contribution in [0.4, 0.5) is 0 Å². The largest absolute Gasteiger partial charge is 0.356 e. The Balaban J connectivity index is 2.19. The van der Waals surface area contributed by atoms with Crippen molar-refractivity contribution in [3.63, 3.8) is 0 Å². The molecule has 0 saturated heterocycles. The van der Waals surface area contributed by atoms with Gasteiger partial charge in [-0.25, -0.2) is 0 Å². The molecule has 4 N–H and O–H groups in total. The molecule has 1 aliphatic rings. The number of hydrogen-bond acceptors (Lipinski definition) is 3. The fourth-order valence-corrected chi connectivity index (χ4v) is 2.33. The summed E-state index contributed by atoms with van der Waals surface area (Å²) in [6.45, 7) is 6.77. The van der Waals surface area contributed by atoms with Gasteiger partial charge in [0.15, 0.2) is 0 Å². The van der Waals surface area contributed by atoms with E-state index in [1.807, 2.05) is 20.8 Å². The van der Waals surface area contributed by atoms with Gasteiger partial charge >= 0.3 is 0 Å². The Hall–Kier alpha value is -1.10. The molecule has 1 aliphatic carbocycles. The molecule has 0 spiro atoms. The zero-order valence-electron chi connectivity index (χ0n) is 12.3. The van der Waals surface area contributed by atoms with E-state index in [9.17, 15) is 9.59 Å². The molecule has 1 saturated carbocycles. The van der Waals surface area contributed by atoms with Crippen LogP contribution in [0, 0.1) is 5.41 Å². The van der Waals surface area contributed by atoms with Gasteiger partial charge in [0.05, 0.1) is 0 Å². The standard InChI is InChI=1S/C14H27N3O2/c1-13(2,3)17-11(18)5-8-16-12(19)9-14(10-15)6-4-7-14/h4-10,15H2,1-3H3,(H,16,19)(H,17,18). The maximum Gasteiger partial charge on any atom is 0.222 e. The van der Waals surface area contributed by atoms with Gasteiger partial charge in [-0.05, 0) is 45.6 Å². The minimum Gasteiger partial charge on any atom is -0.356 e. The summed E-state index contributed by atoms with van der Waals surface area (Å²) in [6.07, 6.45) is 4.06. The Morgan fingerprint density at radius 3 is 2.26 bits per heavy atom. The lowest BCUT2D eigenvalue weighted by molar-refractivity contribution is -0.125. The van der Waals surface area contributed by atoms with E-state index in [1.165, 1.54) is 6.42 Å². The quantitative estimate of drug-likeness (QED) is 0.670. The highest BCUT2D eigenvalue weighted by molar-refractivity contribution is 5.79. The highest BCUT2D eigenvalue weighted by Gasteiger charge is 2.37. The normalized spacial score (nSPS) is 17.5. The molecule has 0 radical (unpaired) electrons. The van der Waals surface area contributed by atoms with E-state index >= 15 is 0 Å². The molecule has 19 heavy (non-hydrogen) atoms. The van der Waals surface area contributed by atoms with Gasteiger partial charge in [0.1, 0.15) is 0 Å². The van der Waals surface area contributed by atoms with Gasteiger partial charge in [-0.1, -0.05) is 6.42 Å². The highest BCUT2D eigenvalue weighted by atomic mass is 16.2. The maximum atomic E-state index is 11.8. The van der Waals surface area contributed by atoms with E-state index in [1.54, 1.807) is 0 Å². The molecular formula is C14H27N3O2. The fourth-order valence-electron chi connectivity index (χ4n) is 2.33. The average Bonchev–Trinajstić information content (AvgIpc) is 2.20. The molecule has 110 valence electrons. The number of amides is 2. The van der Waals surface area contributed by atoms with Crippen molar-refractivity contribution in [2.75, 3.05) is 13.1 Å². The lowest BCUT2D eigenvalue weighted by Gasteiger charge is -2.40. The minimum absolute atomic E-state index is 0.00806. The van der Waals surface area contributed by atoms with Crippen molar-refractivity contribution in [1.29, 1.82) is 0 Å². The number of nitrogens with two attached hydrogens (primary N) is 1. The third kappa shape index (κ3) is 5.59. The highest BCUT2D eigenvalue weighted by Crippen LogP contribution is 2.42. The second-order valence-corrected chi connectivity index (χ2v) is 6.63. The molecule has 1 fully saturated rings. The second kappa shape index (κ2) is 6.37. The molecule has 0 bridgehead atoms. The maximum absolute atomic E-state index is 11.8. The molecule has 5 heteroatoms. The Kier molecular flexibility index (Phi) is 5.35. The summed E-state index contributed by atoms with van der Waals surface area (Å²) in [5.74, 6) is -0.0290. The van der Waals surface area contributed by atoms with E-state index in [0.29, 0.717) is 25.9 Å². The van der Waals surface area contributed by atoms with Gasteiger partial charge < -0.3 is 16.4 Å². The van der Waals surface area contributed by atoms with Crippen LogP contribution in [0.2, 0.25) is 0 Å². The van der Waals surface area contributed by atoms with E-state index < -0.39 is 0 Å². The Morgan fingerprint density at radius 1 is 1.21 bits per heavy atom. The molecule has 0 atom stereocenters.